The first-order valence-electron chi connectivity index (χ1n) is 3.84. The number of methoxy groups -OCH3 is 2. The Morgan fingerprint density at radius 1 is 1.15 bits per heavy atom. The Morgan fingerprint density at radius 3 is 2.00 bits per heavy atom. The minimum atomic E-state index is -0.940. The third-order valence-corrected chi connectivity index (χ3v) is 2.20. The lowest BCUT2D eigenvalue weighted by Gasteiger charge is -2.26. The first-order chi connectivity index (χ1) is 6.12. The van der Waals surface area contributed by atoms with E-state index in [-0.39, 0.29) is 0 Å². The Labute approximate surface area is 83.4 Å². The number of halogens is 1. The predicted molar refractivity (Wildman–Crippen MR) is 52.5 cm³/mol. The summed E-state index contributed by atoms with van der Waals surface area (Å²) in [6.45, 7) is 3.82. The highest BCUT2D eigenvalue weighted by Gasteiger charge is 2.25. The van der Waals surface area contributed by atoms with Gasteiger partial charge in [0.15, 0.2) is 5.79 Å². The highest BCUT2D eigenvalue weighted by molar-refractivity contribution is 6.30. The molecule has 0 saturated carbocycles. The van der Waals surface area contributed by atoms with E-state index in [1.54, 1.807) is 26.4 Å². The van der Waals surface area contributed by atoms with Crippen molar-refractivity contribution < 1.29 is 9.47 Å². The molecule has 0 spiro atoms. The molecule has 2 nitrogen and oxygen atoms in total. The fourth-order valence-corrected chi connectivity index (χ4v) is 1.15. The van der Waals surface area contributed by atoms with Gasteiger partial charge in [-0.3, -0.25) is 0 Å². The molecular formula is C10H12ClO2. The SMILES string of the molecule is [CH2]C(OC)(OC)c1ccc(Cl)cc1. The minimum Gasteiger partial charge on any atom is -0.349 e. The number of hydrogen-bond acceptors (Lipinski definition) is 2. The van der Waals surface area contributed by atoms with Gasteiger partial charge in [-0.2, -0.15) is 0 Å². The average molecular weight is 200 g/mol. The van der Waals surface area contributed by atoms with Gasteiger partial charge in [-0.1, -0.05) is 23.7 Å². The molecular weight excluding hydrogens is 188 g/mol. The summed E-state index contributed by atoms with van der Waals surface area (Å²) in [5.41, 5.74) is 0.835. The van der Waals surface area contributed by atoms with Crippen LogP contribution in [-0.4, -0.2) is 14.2 Å². The van der Waals surface area contributed by atoms with E-state index in [4.69, 9.17) is 21.1 Å². The van der Waals surface area contributed by atoms with Gasteiger partial charge in [-0.25, -0.2) is 0 Å². The normalized spacial score (nSPS) is 11.7. The number of ether oxygens (including phenoxy) is 2. The first-order valence-corrected chi connectivity index (χ1v) is 4.22. The molecule has 0 atom stereocenters. The molecule has 1 radical (unpaired) electrons. The highest BCUT2D eigenvalue weighted by atomic mass is 35.5. The summed E-state index contributed by atoms with van der Waals surface area (Å²) < 4.78 is 10.3. The molecule has 0 aliphatic carbocycles. The quantitative estimate of drug-likeness (QED) is 0.697. The van der Waals surface area contributed by atoms with Crippen LogP contribution in [0.25, 0.3) is 0 Å². The number of benzene rings is 1. The zero-order valence-electron chi connectivity index (χ0n) is 7.71. The van der Waals surface area contributed by atoms with Crippen LogP contribution < -0.4 is 0 Å². The molecule has 0 unspecified atom stereocenters. The van der Waals surface area contributed by atoms with Gasteiger partial charge in [0.05, 0.1) is 0 Å². The van der Waals surface area contributed by atoms with Crippen molar-refractivity contribution in [3.63, 3.8) is 0 Å². The smallest absolute Gasteiger partial charge is 0.194 e. The van der Waals surface area contributed by atoms with Crippen molar-refractivity contribution in [2.45, 2.75) is 5.79 Å². The fraction of sp³-hybridized carbons (Fsp3) is 0.300. The lowest BCUT2D eigenvalue weighted by molar-refractivity contribution is -0.180. The zero-order chi connectivity index (χ0) is 9.90. The maximum absolute atomic E-state index is 5.75. The van der Waals surface area contributed by atoms with Crippen LogP contribution in [-0.2, 0) is 15.3 Å². The second-order valence-electron chi connectivity index (χ2n) is 2.67. The van der Waals surface area contributed by atoms with Crippen molar-refractivity contribution in [2.75, 3.05) is 14.2 Å². The molecule has 0 aromatic heterocycles. The van der Waals surface area contributed by atoms with E-state index in [1.165, 1.54) is 0 Å². The molecule has 0 aliphatic heterocycles. The van der Waals surface area contributed by atoms with Crippen LogP contribution in [0, 0.1) is 6.92 Å². The second-order valence-corrected chi connectivity index (χ2v) is 3.10. The standard InChI is InChI=1S/C10H12ClO2/c1-10(12-2,13-3)8-4-6-9(11)7-5-8/h4-7H,1H2,2-3H3. The molecule has 0 aliphatic rings. The second kappa shape index (κ2) is 4.09. The van der Waals surface area contributed by atoms with Crippen LogP contribution in [0.2, 0.25) is 5.02 Å². The van der Waals surface area contributed by atoms with Gasteiger partial charge in [0.1, 0.15) is 0 Å². The van der Waals surface area contributed by atoms with Crippen molar-refractivity contribution in [3.05, 3.63) is 41.8 Å². The van der Waals surface area contributed by atoms with E-state index in [9.17, 15) is 0 Å². The first kappa shape index (κ1) is 10.5. The Balaban J connectivity index is 2.99. The molecule has 0 bridgehead atoms. The van der Waals surface area contributed by atoms with Gasteiger partial charge in [-0.05, 0) is 12.1 Å². The van der Waals surface area contributed by atoms with Crippen LogP contribution in [0.1, 0.15) is 5.56 Å². The van der Waals surface area contributed by atoms with Gasteiger partial charge in [0, 0.05) is 31.7 Å². The molecule has 1 aromatic carbocycles. The third kappa shape index (κ3) is 2.21. The van der Waals surface area contributed by atoms with E-state index < -0.39 is 5.79 Å². The van der Waals surface area contributed by atoms with E-state index in [0.717, 1.165) is 5.56 Å². The summed E-state index contributed by atoms with van der Waals surface area (Å²) in [7, 11) is 3.09. The Morgan fingerprint density at radius 2 is 1.62 bits per heavy atom. The van der Waals surface area contributed by atoms with Crippen LogP contribution in [0.4, 0.5) is 0 Å². The monoisotopic (exact) mass is 199 g/mol. The molecule has 0 amide bonds. The Kier molecular flexibility index (Phi) is 3.31. The molecule has 3 heteroatoms. The molecule has 0 saturated heterocycles. The Bertz CT molecular complexity index is 265. The van der Waals surface area contributed by atoms with Crippen LogP contribution >= 0.6 is 11.6 Å². The summed E-state index contributed by atoms with van der Waals surface area (Å²) in [5.74, 6) is -0.940. The number of hydrogen-bond donors (Lipinski definition) is 0. The topological polar surface area (TPSA) is 18.5 Å². The zero-order valence-corrected chi connectivity index (χ0v) is 8.47. The summed E-state index contributed by atoms with van der Waals surface area (Å²) in [6.07, 6.45) is 0. The van der Waals surface area contributed by atoms with Gasteiger partial charge >= 0.3 is 0 Å². The number of rotatable bonds is 3. The van der Waals surface area contributed by atoms with Crippen molar-refractivity contribution in [1.82, 2.24) is 0 Å². The average Bonchev–Trinajstić information content (AvgIpc) is 2.18. The van der Waals surface area contributed by atoms with Crippen molar-refractivity contribution in [2.24, 2.45) is 0 Å². The molecule has 1 rings (SSSR count). The molecule has 0 N–H and O–H groups in total. The van der Waals surface area contributed by atoms with E-state index >= 15 is 0 Å². The fourth-order valence-electron chi connectivity index (χ4n) is 1.02. The molecule has 13 heavy (non-hydrogen) atoms. The van der Waals surface area contributed by atoms with Gasteiger partial charge in [-0.15, -0.1) is 0 Å². The summed E-state index contributed by atoms with van der Waals surface area (Å²) in [5, 5.41) is 0.679. The summed E-state index contributed by atoms with van der Waals surface area (Å²) in [6, 6.07) is 7.19. The van der Waals surface area contributed by atoms with Crippen molar-refractivity contribution >= 4 is 11.6 Å². The van der Waals surface area contributed by atoms with Crippen LogP contribution in [0.15, 0.2) is 24.3 Å². The van der Waals surface area contributed by atoms with E-state index in [2.05, 4.69) is 6.92 Å². The maximum Gasteiger partial charge on any atom is 0.194 e. The van der Waals surface area contributed by atoms with Gasteiger partial charge in [0.2, 0.25) is 0 Å². The van der Waals surface area contributed by atoms with Crippen LogP contribution in [0.5, 0.6) is 0 Å². The third-order valence-electron chi connectivity index (χ3n) is 1.94. The molecule has 0 heterocycles. The highest BCUT2D eigenvalue weighted by Crippen LogP contribution is 2.25. The van der Waals surface area contributed by atoms with E-state index in [1.807, 2.05) is 12.1 Å². The van der Waals surface area contributed by atoms with Crippen LogP contribution in [0.3, 0.4) is 0 Å². The lowest BCUT2D eigenvalue weighted by Crippen LogP contribution is -2.26. The lowest BCUT2D eigenvalue weighted by atomic mass is 10.1. The molecule has 1 aromatic rings. The summed E-state index contributed by atoms with van der Waals surface area (Å²) in [4.78, 5) is 0. The van der Waals surface area contributed by atoms with Gasteiger partial charge in [0.25, 0.3) is 0 Å². The predicted octanol–water partition coefficient (Wildman–Crippen LogP) is 2.62. The molecule has 71 valence electrons. The van der Waals surface area contributed by atoms with E-state index in [0.29, 0.717) is 5.02 Å². The summed E-state index contributed by atoms with van der Waals surface area (Å²) >= 11 is 5.75. The van der Waals surface area contributed by atoms with Crippen molar-refractivity contribution in [3.8, 4) is 0 Å². The Hall–Kier alpha value is -0.570. The minimum absolute atomic E-state index is 0.679. The van der Waals surface area contributed by atoms with Crippen molar-refractivity contribution in [1.29, 1.82) is 0 Å². The van der Waals surface area contributed by atoms with Gasteiger partial charge < -0.3 is 9.47 Å². The largest absolute Gasteiger partial charge is 0.349 e. The molecule has 0 fully saturated rings. The maximum atomic E-state index is 5.75.